The van der Waals surface area contributed by atoms with Gasteiger partial charge in [-0.05, 0) is 37.0 Å². The molecular weight excluding hydrogens is 341 g/mol. The number of H-pyrrole nitrogens is 1. The highest BCUT2D eigenvalue weighted by atomic mass is 19.1. The van der Waals surface area contributed by atoms with Crippen LogP contribution < -0.4 is 5.32 Å². The second kappa shape index (κ2) is 7.35. The lowest BCUT2D eigenvalue weighted by atomic mass is 9.95. The van der Waals surface area contributed by atoms with E-state index in [1.807, 2.05) is 37.3 Å². The Balaban J connectivity index is 1.68. The SMILES string of the molecule is CC[C@H](C(=O)Nc1c(-c2cccc(F)c2)n[nH]c1C1CC1)c1ccccc1. The van der Waals surface area contributed by atoms with Crippen molar-refractivity contribution in [2.75, 3.05) is 5.32 Å². The number of amides is 1. The molecule has 0 unspecified atom stereocenters. The first-order valence-corrected chi connectivity index (χ1v) is 9.37. The summed E-state index contributed by atoms with van der Waals surface area (Å²) in [5.74, 6) is -0.249. The summed E-state index contributed by atoms with van der Waals surface area (Å²) in [6, 6.07) is 16.1. The van der Waals surface area contributed by atoms with Crippen molar-refractivity contribution in [3.8, 4) is 11.3 Å². The van der Waals surface area contributed by atoms with E-state index in [4.69, 9.17) is 0 Å². The molecule has 0 radical (unpaired) electrons. The van der Waals surface area contributed by atoms with E-state index in [0.29, 0.717) is 29.3 Å². The van der Waals surface area contributed by atoms with Crippen LogP contribution in [0.3, 0.4) is 0 Å². The van der Waals surface area contributed by atoms with E-state index in [1.165, 1.54) is 12.1 Å². The van der Waals surface area contributed by atoms with Gasteiger partial charge in [0.25, 0.3) is 0 Å². The van der Waals surface area contributed by atoms with Crippen LogP contribution in [0.5, 0.6) is 0 Å². The zero-order valence-electron chi connectivity index (χ0n) is 15.2. The van der Waals surface area contributed by atoms with Crippen LogP contribution in [-0.4, -0.2) is 16.1 Å². The summed E-state index contributed by atoms with van der Waals surface area (Å²) < 4.78 is 13.7. The van der Waals surface area contributed by atoms with Crippen molar-refractivity contribution in [2.24, 2.45) is 0 Å². The quantitative estimate of drug-likeness (QED) is 0.630. The number of anilines is 1. The van der Waals surface area contributed by atoms with Crippen LogP contribution in [0.1, 0.15) is 49.3 Å². The number of carbonyl (C=O) groups is 1. The zero-order chi connectivity index (χ0) is 18.8. The Labute approximate surface area is 157 Å². The van der Waals surface area contributed by atoms with Crippen LogP contribution in [0.15, 0.2) is 54.6 Å². The van der Waals surface area contributed by atoms with Gasteiger partial charge < -0.3 is 5.32 Å². The average Bonchev–Trinajstić information content (AvgIpc) is 3.44. The summed E-state index contributed by atoms with van der Waals surface area (Å²) in [4.78, 5) is 13.1. The second-order valence-electron chi connectivity index (χ2n) is 7.01. The minimum Gasteiger partial charge on any atom is -0.322 e. The first-order chi connectivity index (χ1) is 13.2. The van der Waals surface area contributed by atoms with Crippen molar-refractivity contribution in [1.29, 1.82) is 0 Å². The normalized spacial score (nSPS) is 14.7. The van der Waals surface area contributed by atoms with Gasteiger partial charge >= 0.3 is 0 Å². The lowest BCUT2D eigenvalue weighted by Crippen LogP contribution is -2.21. The second-order valence-corrected chi connectivity index (χ2v) is 7.01. The zero-order valence-corrected chi connectivity index (χ0v) is 15.2. The Bertz CT molecular complexity index is 947. The number of carbonyl (C=O) groups excluding carboxylic acids is 1. The monoisotopic (exact) mass is 363 g/mol. The topological polar surface area (TPSA) is 57.8 Å². The molecule has 2 aromatic carbocycles. The van der Waals surface area contributed by atoms with Crippen molar-refractivity contribution in [2.45, 2.75) is 38.0 Å². The molecule has 138 valence electrons. The molecule has 0 saturated heterocycles. The van der Waals surface area contributed by atoms with Crippen molar-refractivity contribution < 1.29 is 9.18 Å². The van der Waals surface area contributed by atoms with Crippen LogP contribution >= 0.6 is 0 Å². The molecule has 2 N–H and O–H groups in total. The van der Waals surface area contributed by atoms with Crippen LogP contribution in [0.25, 0.3) is 11.3 Å². The third-order valence-corrected chi connectivity index (χ3v) is 5.05. The Hall–Kier alpha value is -2.95. The van der Waals surface area contributed by atoms with Gasteiger partial charge in [-0.2, -0.15) is 5.10 Å². The molecule has 1 aliphatic carbocycles. The minimum absolute atomic E-state index is 0.0651. The number of aromatic amines is 1. The van der Waals surface area contributed by atoms with Gasteiger partial charge in [-0.3, -0.25) is 9.89 Å². The Kier molecular flexibility index (Phi) is 4.75. The van der Waals surface area contributed by atoms with E-state index >= 15 is 0 Å². The predicted octanol–water partition coefficient (Wildman–Crippen LogP) is 5.23. The Morgan fingerprint density at radius 2 is 2.00 bits per heavy atom. The maximum Gasteiger partial charge on any atom is 0.232 e. The van der Waals surface area contributed by atoms with E-state index in [9.17, 15) is 9.18 Å². The highest BCUT2D eigenvalue weighted by molar-refractivity contribution is 5.99. The van der Waals surface area contributed by atoms with Gasteiger partial charge in [0.05, 0.1) is 17.3 Å². The fourth-order valence-electron chi connectivity index (χ4n) is 3.46. The first-order valence-electron chi connectivity index (χ1n) is 9.37. The predicted molar refractivity (Wildman–Crippen MR) is 104 cm³/mol. The summed E-state index contributed by atoms with van der Waals surface area (Å²) in [6.07, 6.45) is 2.84. The van der Waals surface area contributed by atoms with E-state index < -0.39 is 0 Å². The highest BCUT2D eigenvalue weighted by Crippen LogP contribution is 2.45. The molecular formula is C22H22FN3O. The summed E-state index contributed by atoms with van der Waals surface area (Å²) in [7, 11) is 0. The summed E-state index contributed by atoms with van der Waals surface area (Å²) >= 11 is 0. The van der Waals surface area contributed by atoms with Gasteiger partial charge in [0.2, 0.25) is 5.91 Å². The number of halogens is 1. The third-order valence-electron chi connectivity index (χ3n) is 5.05. The smallest absolute Gasteiger partial charge is 0.232 e. The first kappa shape index (κ1) is 17.5. The molecule has 0 bridgehead atoms. The molecule has 4 rings (SSSR count). The van der Waals surface area contributed by atoms with Crippen molar-refractivity contribution in [3.05, 3.63) is 71.7 Å². The average molecular weight is 363 g/mol. The standard InChI is InChI=1S/C22H22FN3O/c1-2-18(14-7-4-3-5-8-14)22(27)24-21-19(15-11-12-15)25-26-20(21)16-9-6-10-17(23)13-16/h3-10,13,15,18H,2,11-12H2,1H3,(H,24,27)(H,25,26)/t18-/m0/s1. The van der Waals surface area contributed by atoms with Crippen molar-refractivity contribution in [3.63, 3.8) is 0 Å². The van der Waals surface area contributed by atoms with Gasteiger partial charge in [-0.1, -0.05) is 49.4 Å². The molecule has 1 fully saturated rings. The third kappa shape index (κ3) is 3.63. The number of benzene rings is 2. The summed E-state index contributed by atoms with van der Waals surface area (Å²) in [6.45, 7) is 2.00. The van der Waals surface area contributed by atoms with Gasteiger partial charge in [0, 0.05) is 11.5 Å². The molecule has 1 atom stereocenters. The molecule has 1 heterocycles. The van der Waals surface area contributed by atoms with Gasteiger partial charge in [0.15, 0.2) is 0 Å². The van der Waals surface area contributed by atoms with Crippen LogP contribution in [-0.2, 0) is 4.79 Å². The highest BCUT2D eigenvalue weighted by Gasteiger charge is 2.32. The van der Waals surface area contributed by atoms with Crippen LogP contribution in [0.4, 0.5) is 10.1 Å². The Morgan fingerprint density at radius 3 is 2.67 bits per heavy atom. The molecule has 0 aliphatic heterocycles. The number of hydrogen-bond acceptors (Lipinski definition) is 2. The molecule has 1 aromatic heterocycles. The fourth-order valence-corrected chi connectivity index (χ4v) is 3.46. The molecule has 0 spiro atoms. The molecule has 1 aliphatic rings. The van der Waals surface area contributed by atoms with E-state index in [1.54, 1.807) is 12.1 Å². The van der Waals surface area contributed by atoms with Gasteiger partial charge in [0.1, 0.15) is 11.5 Å². The molecule has 4 nitrogen and oxygen atoms in total. The molecule has 1 amide bonds. The fraction of sp³-hybridized carbons (Fsp3) is 0.273. The molecule has 3 aromatic rings. The molecule has 27 heavy (non-hydrogen) atoms. The lowest BCUT2D eigenvalue weighted by Gasteiger charge is -2.16. The van der Waals surface area contributed by atoms with Crippen LogP contribution in [0.2, 0.25) is 0 Å². The van der Waals surface area contributed by atoms with Crippen molar-refractivity contribution >= 4 is 11.6 Å². The lowest BCUT2D eigenvalue weighted by molar-refractivity contribution is -0.117. The number of hydrogen-bond donors (Lipinski definition) is 2. The number of aromatic nitrogens is 2. The maximum atomic E-state index is 13.7. The van der Waals surface area contributed by atoms with E-state index in [2.05, 4.69) is 15.5 Å². The molecule has 5 heteroatoms. The largest absolute Gasteiger partial charge is 0.322 e. The van der Waals surface area contributed by atoms with Crippen molar-refractivity contribution in [1.82, 2.24) is 10.2 Å². The number of nitrogens with zero attached hydrogens (tertiary/aromatic N) is 1. The van der Waals surface area contributed by atoms with E-state index in [-0.39, 0.29) is 17.6 Å². The Morgan fingerprint density at radius 1 is 1.22 bits per heavy atom. The number of nitrogens with one attached hydrogen (secondary N) is 2. The van der Waals surface area contributed by atoms with Gasteiger partial charge in [-0.15, -0.1) is 0 Å². The number of rotatable bonds is 6. The maximum absolute atomic E-state index is 13.7. The van der Waals surface area contributed by atoms with Crippen LogP contribution in [0, 0.1) is 5.82 Å². The van der Waals surface area contributed by atoms with E-state index in [0.717, 1.165) is 24.1 Å². The summed E-state index contributed by atoms with van der Waals surface area (Å²) in [5, 5.41) is 10.6. The molecule has 1 saturated carbocycles. The van der Waals surface area contributed by atoms with Gasteiger partial charge in [-0.25, -0.2) is 4.39 Å². The minimum atomic E-state index is -0.323. The summed E-state index contributed by atoms with van der Waals surface area (Å²) in [5.41, 5.74) is 3.85.